The van der Waals surface area contributed by atoms with Crippen LogP contribution >= 0.6 is 0 Å². The van der Waals surface area contributed by atoms with Gasteiger partial charge >= 0.3 is 0 Å². The Morgan fingerprint density at radius 1 is 1.29 bits per heavy atom. The second kappa shape index (κ2) is 3.73. The number of likely N-dealkylation sites (tertiary alicyclic amines) is 1. The van der Waals surface area contributed by atoms with Crippen molar-refractivity contribution in [2.75, 3.05) is 13.1 Å². The van der Waals surface area contributed by atoms with E-state index in [0.29, 0.717) is 0 Å². The second-order valence-electron chi connectivity index (χ2n) is 4.54. The summed E-state index contributed by atoms with van der Waals surface area (Å²) in [6, 6.07) is 1.66. The van der Waals surface area contributed by atoms with Gasteiger partial charge in [0.1, 0.15) is 0 Å². The maximum Gasteiger partial charge on any atom is 0.257 e. The topological polar surface area (TPSA) is 46.3 Å². The Morgan fingerprint density at radius 3 is 2.41 bits per heavy atom. The highest BCUT2D eigenvalue weighted by atomic mass is 19.2. The Labute approximate surface area is 96.0 Å². The Morgan fingerprint density at radius 2 is 1.88 bits per heavy atom. The molecule has 1 fully saturated rings. The summed E-state index contributed by atoms with van der Waals surface area (Å²) in [5.41, 5.74) is 4.73. The van der Waals surface area contributed by atoms with Crippen LogP contribution < -0.4 is 5.73 Å². The largest absolute Gasteiger partial charge is 0.335 e. The molecule has 3 nitrogen and oxygen atoms in total. The van der Waals surface area contributed by atoms with Crippen LogP contribution in [0.3, 0.4) is 0 Å². The van der Waals surface area contributed by atoms with Crippen LogP contribution in [0.15, 0.2) is 12.1 Å². The molecule has 2 N–H and O–H groups in total. The fourth-order valence-corrected chi connectivity index (χ4v) is 1.83. The lowest BCUT2D eigenvalue weighted by Crippen LogP contribution is -2.66. The molecule has 1 aliphatic heterocycles. The van der Waals surface area contributed by atoms with Gasteiger partial charge in [0.15, 0.2) is 17.5 Å². The van der Waals surface area contributed by atoms with Crippen molar-refractivity contribution in [2.45, 2.75) is 12.5 Å². The van der Waals surface area contributed by atoms with E-state index in [1.54, 1.807) is 6.92 Å². The van der Waals surface area contributed by atoms with Crippen LogP contribution in [0.2, 0.25) is 0 Å². The van der Waals surface area contributed by atoms with Crippen molar-refractivity contribution in [3.8, 4) is 0 Å². The molecule has 1 heterocycles. The summed E-state index contributed by atoms with van der Waals surface area (Å²) in [4.78, 5) is 13.0. The van der Waals surface area contributed by atoms with Crippen molar-refractivity contribution in [1.82, 2.24) is 4.90 Å². The minimum Gasteiger partial charge on any atom is -0.335 e. The maximum atomic E-state index is 13.3. The predicted octanol–water partition coefficient (Wildman–Crippen LogP) is 1.28. The molecule has 0 spiro atoms. The third kappa shape index (κ3) is 2.00. The smallest absolute Gasteiger partial charge is 0.257 e. The first kappa shape index (κ1) is 11.9. The molecule has 0 aliphatic carbocycles. The summed E-state index contributed by atoms with van der Waals surface area (Å²) in [7, 11) is 0. The second-order valence-corrected chi connectivity index (χ2v) is 4.54. The number of nitrogens with two attached hydrogens (primary N) is 1. The number of hydrogen-bond donors (Lipinski definition) is 1. The molecule has 17 heavy (non-hydrogen) atoms. The third-order valence-electron chi connectivity index (χ3n) is 2.66. The predicted molar refractivity (Wildman–Crippen MR) is 54.8 cm³/mol. The molecule has 6 heteroatoms. The lowest BCUT2D eigenvalue weighted by Gasteiger charge is -2.45. The fourth-order valence-electron chi connectivity index (χ4n) is 1.83. The van der Waals surface area contributed by atoms with E-state index in [2.05, 4.69) is 0 Å². The van der Waals surface area contributed by atoms with E-state index in [1.807, 2.05) is 0 Å². The lowest BCUT2D eigenvalue weighted by molar-refractivity contribution is 0.0448. The van der Waals surface area contributed by atoms with Gasteiger partial charge in [-0.1, -0.05) is 0 Å². The third-order valence-corrected chi connectivity index (χ3v) is 2.66. The number of hydrogen-bond acceptors (Lipinski definition) is 2. The Bertz CT molecular complexity index is 480. The van der Waals surface area contributed by atoms with E-state index in [9.17, 15) is 18.0 Å². The first-order valence-electron chi connectivity index (χ1n) is 5.03. The number of amides is 1. The molecule has 1 amide bonds. The van der Waals surface area contributed by atoms with Crippen molar-refractivity contribution < 1.29 is 18.0 Å². The lowest BCUT2D eigenvalue weighted by atomic mass is 9.93. The summed E-state index contributed by atoms with van der Waals surface area (Å²) < 4.78 is 39.0. The summed E-state index contributed by atoms with van der Waals surface area (Å²) >= 11 is 0. The van der Waals surface area contributed by atoms with Gasteiger partial charge in [0.2, 0.25) is 0 Å². The monoisotopic (exact) mass is 244 g/mol. The maximum absolute atomic E-state index is 13.3. The molecular formula is C11H11F3N2O. The Balaban J connectivity index is 2.24. The van der Waals surface area contributed by atoms with E-state index in [-0.39, 0.29) is 13.1 Å². The van der Waals surface area contributed by atoms with Crippen LogP contribution in [0, 0.1) is 17.5 Å². The molecule has 1 aromatic carbocycles. The molecule has 0 saturated carbocycles. The molecule has 92 valence electrons. The molecule has 0 bridgehead atoms. The van der Waals surface area contributed by atoms with E-state index < -0.39 is 34.5 Å². The highest BCUT2D eigenvalue weighted by Crippen LogP contribution is 2.23. The van der Waals surface area contributed by atoms with E-state index in [1.165, 1.54) is 4.90 Å². The van der Waals surface area contributed by atoms with Crippen molar-refractivity contribution in [3.63, 3.8) is 0 Å². The molecule has 0 unspecified atom stereocenters. The van der Waals surface area contributed by atoms with Gasteiger partial charge in [0, 0.05) is 18.6 Å². The van der Waals surface area contributed by atoms with Crippen LogP contribution in [0.5, 0.6) is 0 Å². The van der Waals surface area contributed by atoms with Gasteiger partial charge in [0.25, 0.3) is 5.91 Å². The summed E-state index contributed by atoms with van der Waals surface area (Å²) in [5, 5.41) is 0. The van der Waals surface area contributed by atoms with Gasteiger partial charge in [-0.05, 0) is 19.1 Å². The first-order chi connectivity index (χ1) is 7.82. The number of nitrogens with zero attached hydrogens (tertiary/aromatic N) is 1. The van der Waals surface area contributed by atoms with Gasteiger partial charge in [-0.25, -0.2) is 13.2 Å². The van der Waals surface area contributed by atoms with Crippen molar-refractivity contribution >= 4 is 5.91 Å². The van der Waals surface area contributed by atoms with E-state index in [4.69, 9.17) is 5.73 Å². The average molecular weight is 244 g/mol. The SMILES string of the molecule is CC1(N)CN(C(=O)c2ccc(F)c(F)c2F)C1. The van der Waals surface area contributed by atoms with Gasteiger partial charge in [-0.3, -0.25) is 4.79 Å². The Kier molecular flexibility index (Phi) is 2.61. The van der Waals surface area contributed by atoms with Gasteiger partial charge in [0.05, 0.1) is 5.56 Å². The molecule has 1 saturated heterocycles. The van der Waals surface area contributed by atoms with Gasteiger partial charge < -0.3 is 10.6 Å². The zero-order chi connectivity index (χ0) is 12.8. The summed E-state index contributed by atoms with van der Waals surface area (Å²) in [6.07, 6.45) is 0. The van der Waals surface area contributed by atoms with Gasteiger partial charge in [-0.15, -0.1) is 0 Å². The van der Waals surface area contributed by atoms with Crippen LogP contribution in [0.25, 0.3) is 0 Å². The highest BCUT2D eigenvalue weighted by Gasteiger charge is 2.39. The normalized spacial score (nSPS) is 17.8. The fraction of sp³-hybridized carbons (Fsp3) is 0.364. The zero-order valence-electron chi connectivity index (χ0n) is 9.14. The minimum atomic E-state index is -1.63. The first-order valence-corrected chi connectivity index (χ1v) is 5.03. The molecule has 0 aromatic heterocycles. The zero-order valence-corrected chi connectivity index (χ0v) is 9.14. The van der Waals surface area contributed by atoms with Crippen LogP contribution in [0.1, 0.15) is 17.3 Å². The molecule has 0 radical (unpaired) electrons. The minimum absolute atomic E-state index is 0.268. The molecule has 0 atom stereocenters. The average Bonchev–Trinajstić information content (AvgIpc) is 2.22. The highest BCUT2D eigenvalue weighted by molar-refractivity contribution is 5.95. The van der Waals surface area contributed by atoms with Crippen LogP contribution in [-0.2, 0) is 0 Å². The quantitative estimate of drug-likeness (QED) is 0.756. The molecular weight excluding hydrogens is 233 g/mol. The Hall–Kier alpha value is -1.56. The number of carbonyl (C=O) groups is 1. The summed E-state index contributed by atoms with van der Waals surface area (Å²) in [6.45, 7) is 2.28. The number of rotatable bonds is 1. The number of benzene rings is 1. The van der Waals surface area contributed by atoms with Gasteiger partial charge in [-0.2, -0.15) is 0 Å². The molecule has 1 aliphatic rings. The van der Waals surface area contributed by atoms with E-state index in [0.717, 1.165) is 12.1 Å². The molecule has 2 rings (SSSR count). The van der Waals surface area contributed by atoms with Crippen LogP contribution in [-0.4, -0.2) is 29.4 Å². The van der Waals surface area contributed by atoms with Crippen molar-refractivity contribution in [3.05, 3.63) is 35.1 Å². The number of halogens is 3. The summed E-state index contributed by atoms with van der Waals surface area (Å²) in [5.74, 6) is -5.08. The van der Waals surface area contributed by atoms with Crippen molar-refractivity contribution in [1.29, 1.82) is 0 Å². The number of carbonyl (C=O) groups excluding carboxylic acids is 1. The molecule has 1 aromatic rings. The van der Waals surface area contributed by atoms with Crippen LogP contribution in [0.4, 0.5) is 13.2 Å². The standard InChI is InChI=1S/C11H11F3N2O/c1-11(15)4-16(5-11)10(17)6-2-3-7(12)9(14)8(6)13/h2-3H,4-5,15H2,1H3. The van der Waals surface area contributed by atoms with Crippen molar-refractivity contribution in [2.24, 2.45) is 5.73 Å². The van der Waals surface area contributed by atoms with E-state index >= 15 is 0 Å².